The number of fused-ring (bicyclic) bond motifs is 1. The predicted molar refractivity (Wildman–Crippen MR) is 77.0 cm³/mol. The number of pyridine rings is 1. The van der Waals surface area contributed by atoms with Gasteiger partial charge < -0.3 is 9.84 Å². The molecule has 0 unspecified atom stereocenters. The first-order chi connectivity index (χ1) is 9.74. The van der Waals surface area contributed by atoms with Gasteiger partial charge in [0.2, 0.25) is 0 Å². The van der Waals surface area contributed by atoms with Crippen LogP contribution in [0.2, 0.25) is 0 Å². The highest BCUT2D eigenvalue weighted by molar-refractivity contribution is 5.91. The molecule has 2 aromatic heterocycles. The fraction of sp³-hybridized carbons (Fsp3) is 0.267. The smallest absolute Gasteiger partial charge is 0.260 e. The predicted octanol–water partition coefficient (Wildman–Crippen LogP) is 2.78. The summed E-state index contributed by atoms with van der Waals surface area (Å²) >= 11 is 0. The van der Waals surface area contributed by atoms with Gasteiger partial charge in [-0.25, -0.2) is 0 Å². The van der Waals surface area contributed by atoms with E-state index in [1.165, 1.54) is 0 Å². The SMILES string of the molecule is CC(C)NCc1noc(-c2cccc3cccnc23)n1. The van der Waals surface area contributed by atoms with Gasteiger partial charge in [0.05, 0.1) is 17.6 Å². The van der Waals surface area contributed by atoms with Gasteiger partial charge in [0.1, 0.15) is 0 Å². The van der Waals surface area contributed by atoms with E-state index < -0.39 is 0 Å². The van der Waals surface area contributed by atoms with Gasteiger partial charge >= 0.3 is 0 Å². The Balaban J connectivity index is 1.95. The quantitative estimate of drug-likeness (QED) is 0.788. The molecule has 0 amide bonds. The van der Waals surface area contributed by atoms with E-state index in [2.05, 4.69) is 34.3 Å². The summed E-state index contributed by atoms with van der Waals surface area (Å²) in [6.07, 6.45) is 1.77. The van der Waals surface area contributed by atoms with E-state index in [1.807, 2.05) is 30.3 Å². The van der Waals surface area contributed by atoms with Crippen molar-refractivity contribution in [1.82, 2.24) is 20.4 Å². The molecule has 20 heavy (non-hydrogen) atoms. The third-order valence-corrected chi connectivity index (χ3v) is 3.00. The van der Waals surface area contributed by atoms with Crippen LogP contribution in [0.4, 0.5) is 0 Å². The molecule has 0 bridgehead atoms. The Morgan fingerprint density at radius 2 is 2.05 bits per heavy atom. The molecule has 3 aromatic rings. The summed E-state index contributed by atoms with van der Waals surface area (Å²) in [5.41, 5.74) is 1.74. The topological polar surface area (TPSA) is 63.8 Å². The molecule has 1 aromatic carbocycles. The number of nitrogens with zero attached hydrogens (tertiary/aromatic N) is 3. The Morgan fingerprint density at radius 1 is 1.20 bits per heavy atom. The van der Waals surface area contributed by atoms with E-state index in [9.17, 15) is 0 Å². The van der Waals surface area contributed by atoms with Gasteiger partial charge in [-0.05, 0) is 12.1 Å². The van der Waals surface area contributed by atoms with E-state index >= 15 is 0 Å². The maximum Gasteiger partial charge on any atom is 0.260 e. The normalized spacial score (nSPS) is 11.3. The van der Waals surface area contributed by atoms with Crippen molar-refractivity contribution in [3.8, 4) is 11.5 Å². The van der Waals surface area contributed by atoms with Crippen molar-refractivity contribution in [2.45, 2.75) is 26.4 Å². The van der Waals surface area contributed by atoms with Crippen LogP contribution in [0.3, 0.4) is 0 Å². The fourth-order valence-electron chi connectivity index (χ4n) is 2.01. The number of rotatable bonds is 4. The monoisotopic (exact) mass is 268 g/mol. The Bertz CT molecular complexity index is 715. The van der Waals surface area contributed by atoms with Crippen molar-refractivity contribution in [2.24, 2.45) is 0 Å². The largest absolute Gasteiger partial charge is 0.334 e. The van der Waals surface area contributed by atoms with E-state index in [0.29, 0.717) is 24.3 Å². The zero-order valence-corrected chi connectivity index (χ0v) is 11.5. The molecule has 0 radical (unpaired) electrons. The van der Waals surface area contributed by atoms with Crippen LogP contribution in [-0.2, 0) is 6.54 Å². The minimum atomic E-state index is 0.385. The van der Waals surface area contributed by atoms with Crippen LogP contribution in [0, 0.1) is 0 Å². The highest BCUT2D eigenvalue weighted by atomic mass is 16.5. The molecule has 0 aliphatic heterocycles. The summed E-state index contributed by atoms with van der Waals surface area (Å²) in [5.74, 6) is 1.16. The Hall–Kier alpha value is -2.27. The molecule has 0 aliphatic rings. The van der Waals surface area contributed by atoms with Gasteiger partial charge in [-0.1, -0.05) is 37.2 Å². The average molecular weight is 268 g/mol. The van der Waals surface area contributed by atoms with Crippen LogP contribution >= 0.6 is 0 Å². The van der Waals surface area contributed by atoms with Crippen LogP contribution in [0.1, 0.15) is 19.7 Å². The van der Waals surface area contributed by atoms with Crippen molar-refractivity contribution in [2.75, 3.05) is 0 Å². The zero-order chi connectivity index (χ0) is 13.9. The molecule has 0 atom stereocenters. The number of aromatic nitrogens is 3. The number of hydrogen-bond donors (Lipinski definition) is 1. The molecule has 0 saturated carbocycles. The summed E-state index contributed by atoms with van der Waals surface area (Å²) in [7, 11) is 0. The third-order valence-electron chi connectivity index (χ3n) is 3.00. The van der Waals surface area contributed by atoms with E-state index in [4.69, 9.17) is 4.52 Å². The molecule has 5 nitrogen and oxygen atoms in total. The van der Waals surface area contributed by atoms with Crippen molar-refractivity contribution in [1.29, 1.82) is 0 Å². The van der Waals surface area contributed by atoms with Crippen LogP contribution in [-0.4, -0.2) is 21.2 Å². The molecule has 0 aliphatic carbocycles. The number of benzene rings is 1. The second-order valence-electron chi connectivity index (χ2n) is 4.93. The van der Waals surface area contributed by atoms with E-state index in [-0.39, 0.29) is 0 Å². The molecule has 2 heterocycles. The van der Waals surface area contributed by atoms with Crippen molar-refractivity contribution in [3.63, 3.8) is 0 Å². The summed E-state index contributed by atoms with van der Waals surface area (Å²) < 4.78 is 5.35. The van der Waals surface area contributed by atoms with Crippen LogP contribution in [0.25, 0.3) is 22.4 Å². The zero-order valence-electron chi connectivity index (χ0n) is 11.5. The molecule has 5 heteroatoms. The number of nitrogens with one attached hydrogen (secondary N) is 1. The summed E-state index contributed by atoms with van der Waals surface area (Å²) in [4.78, 5) is 8.82. The molecular weight excluding hydrogens is 252 g/mol. The average Bonchev–Trinajstić information content (AvgIpc) is 2.93. The first-order valence-corrected chi connectivity index (χ1v) is 6.64. The standard InChI is InChI=1S/C15H16N4O/c1-10(2)17-9-13-18-15(20-19-13)12-7-3-5-11-6-4-8-16-14(11)12/h3-8,10,17H,9H2,1-2H3. The lowest BCUT2D eigenvalue weighted by atomic mass is 10.1. The van der Waals surface area contributed by atoms with Crippen molar-refractivity contribution < 1.29 is 4.52 Å². The lowest BCUT2D eigenvalue weighted by Crippen LogP contribution is -2.22. The molecule has 3 rings (SSSR count). The summed E-state index contributed by atoms with van der Waals surface area (Å²) in [6, 6.07) is 10.2. The van der Waals surface area contributed by atoms with Gasteiger partial charge in [-0.15, -0.1) is 0 Å². The second-order valence-corrected chi connectivity index (χ2v) is 4.93. The Kier molecular flexibility index (Phi) is 3.43. The van der Waals surface area contributed by atoms with Crippen molar-refractivity contribution in [3.05, 3.63) is 42.4 Å². The van der Waals surface area contributed by atoms with Crippen LogP contribution in [0.15, 0.2) is 41.1 Å². The molecule has 1 N–H and O–H groups in total. The van der Waals surface area contributed by atoms with Crippen molar-refractivity contribution >= 4 is 10.9 Å². The Labute approximate surface area is 117 Å². The van der Waals surface area contributed by atoms with Gasteiger partial charge in [-0.2, -0.15) is 4.98 Å². The minimum absolute atomic E-state index is 0.385. The maximum absolute atomic E-state index is 5.35. The van der Waals surface area contributed by atoms with Gasteiger partial charge in [-0.3, -0.25) is 4.98 Å². The molecule has 102 valence electrons. The first-order valence-electron chi connectivity index (χ1n) is 6.64. The van der Waals surface area contributed by atoms with Gasteiger partial charge in [0.25, 0.3) is 5.89 Å². The minimum Gasteiger partial charge on any atom is -0.334 e. The third kappa shape index (κ3) is 2.53. The van der Waals surface area contributed by atoms with Crippen LogP contribution < -0.4 is 5.32 Å². The molecule has 0 spiro atoms. The number of hydrogen-bond acceptors (Lipinski definition) is 5. The highest BCUT2D eigenvalue weighted by Crippen LogP contribution is 2.25. The lowest BCUT2D eigenvalue weighted by Gasteiger charge is -2.03. The molecular formula is C15H16N4O. The van der Waals surface area contributed by atoms with Gasteiger partial charge in [0, 0.05) is 17.6 Å². The lowest BCUT2D eigenvalue weighted by molar-refractivity contribution is 0.417. The number of para-hydroxylation sites is 1. The summed E-state index contributed by atoms with van der Waals surface area (Å²) in [6.45, 7) is 4.75. The fourth-order valence-corrected chi connectivity index (χ4v) is 2.01. The molecule has 0 fully saturated rings. The summed E-state index contributed by atoms with van der Waals surface area (Å²) in [5, 5.41) is 8.32. The van der Waals surface area contributed by atoms with E-state index in [0.717, 1.165) is 16.5 Å². The maximum atomic E-state index is 5.35. The second kappa shape index (κ2) is 5.38. The van der Waals surface area contributed by atoms with E-state index in [1.54, 1.807) is 6.20 Å². The van der Waals surface area contributed by atoms with Gasteiger partial charge in [0.15, 0.2) is 5.82 Å². The molecule has 0 saturated heterocycles. The first kappa shape index (κ1) is 12.7. The Morgan fingerprint density at radius 3 is 2.90 bits per heavy atom. The van der Waals surface area contributed by atoms with Crippen LogP contribution in [0.5, 0.6) is 0 Å². The highest BCUT2D eigenvalue weighted by Gasteiger charge is 2.12.